The zero-order valence-corrected chi connectivity index (χ0v) is 52.6. The molecular formula is C67H97N11O8. The first-order valence-electron chi connectivity index (χ1n) is 30.0. The molecule has 19 nitrogen and oxygen atoms in total. The lowest BCUT2D eigenvalue weighted by Crippen LogP contribution is -2.25. The van der Waals surface area contributed by atoms with E-state index in [-0.39, 0.29) is 30.2 Å². The van der Waals surface area contributed by atoms with Gasteiger partial charge >= 0.3 is 17.9 Å². The second kappa shape index (κ2) is 37.1. The molecule has 86 heavy (non-hydrogen) atoms. The van der Waals surface area contributed by atoms with E-state index in [1.54, 1.807) is 18.5 Å². The van der Waals surface area contributed by atoms with E-state index in [1.807, 2.05) is 129 Å². The minimum atomic E-state index is -0.722. The molecule has 0 saturated carbocycles. The fourth-order valence-corrected chi connectivity index (χ4v) is 8.90. The Morgan fingerprint density at radius 3 is 1.50 bits per heavy atom. The van der Waals surface area contributed by atoms with Crippen molar-refractivity contribution in [2.45, 2.75) is 177 Å². The van der Waals surface area contributed by atoms with Crippen LogP contribution in [0.5, 0.6) is 0 Å². The number of aromatic amines is 5. The predicted molar refractivity (Wildman–Crippen MR) is 341 cm³/mol. The fourth-order valence-electron chi connectivity index (χ4n) is 8.90. The molecule has 0 aromatic carbocycles. The van der Waals surface area contributed by atoms with Gasteiger partial charge in [0.25, 0.3) is 0 Å². The lowest BCUT2D eigenvalue weighted by molar-refractivity contribution is -0.137. The first-order valence-corrected chi connectivity index (χ1v) is 30.0. The lowest BCUT2D eigenvalue weighted by atomic mass is 10.1. The van der Waals surface area contributed by atoms with Crippen LogP contribution in [-0.4, -0.2) is 104 Å². The molecule has 10 N–H and O–H groups in total. The molecule has 0 radical (unpaired) electrons. The first kappa shape index (κ1) is 70.0. The van der Waals surface area contributed by atoms with E-state index in [1.165, 1.54) is 28.1 Å². The van der Waals surface area contributed by atoms with Crippen molar-refractivity contribution in [3.63, 3.8) is 0 Å². The second-order valence-electron chi connectivity index (χ2n) is 23.2. The van der Waals surface area contributed by atoms with Crippen LogP contribution in [0.4, 0.5) is 0 Å². The average Bonchev–Trinajstić information content (AvgIpc) is 2.52. The molecule has 0 aliphatic heterocycles. The van der Waals surface area contributed by atoms with Crippen LogP contribution >= 0.6 is 0 Å². The van der Waals surface area contributed by atoms with Crippen molar-refractivity contribution in [2.75, 3.05) is 19.6 Å². The second-order valence-corrected chi connectivity index (χ2v) is 23.2. The number of carboxylic acid groups (broad SMARTS) is 1. The van der Waals surface area contributed by atoms with Gasteiger partial charge in [0.05, 0.1) is 22.5 Å². The molecule has 8 aromatic heterocycles. The number of aryl methyl sites for hydroxylation is 9. The quantitative estimate of drug-likeness (QED) is 0.0184. The number of aliphatic carboxylic acids is 1. The Labute approximate surface area is 508 Å². The Morgan fingerprint density at radius 1 is 0.547 bits per heavy atom. The van der Waals surface area contributed by atoms with Gasteiger partial charge in [-0.25, -0.2) is 9.59 Å². The van der Waals surface area contributed by atoms with Gasteiger partial charge < -0.3 is 69.6 Å². The molecule has 468 valence electrons. The third-order valence-electron chi connectivity index (χ3n) is 13.3. The number of rotatable bonds is 26. The summed E-state index contributed by atoms with van der Waals surface area (Å²) in [4.78, 5) is 73.2. The molecule has 0 spiro atoms. The highest BCUT2D eigenvalue weighted by molar-refractivity contribution is 5.92. The maximum atomic E-state index is 12.5. The summed E-state index contributed by atoms with van der Waals surface area (Å²) in [5.74, 6) is -1.08. The molecule has 0 bridgehead atoms. The van der Waals surface area contributed by atoms with Crippen molar-refractivity contribution in [1.29, 1.82) is 0 Å². The van der Waals surface area contributed by atoms with Crippen LogP contribution in [0.25, 0.3) is 11.4 Å². The Bertz CT molecular complexity index is 3110. The zero-order chi connectivity index (χ0) is 62.9. The molecule has 8 aromatic rings. The number of nitrogens with zero attached hydrogens (tertiary/aromatic N) is 3. The van der Waals surface area contributed by atoms with Crippen molar-refractivity contribution in [3.8, 4) is 11.4 Å². The minimum Gasteiger partial charge on any atom is -0.481 e. The molecule has 0 unspecified atom stereocenters. The molecule has 19 heteroatoms. The normalized spacial score (nSPS) is 10.9. The van der Waals surface area contributed by atoms with Crippen LogP contribution in [0.2, 0.25) is 0 Å². The molecular weight excluding hydrogens is 1090 g/mol. The Balaban J connectivity index is 0.000000258. The smallest absolute Gasteiger partial charge is 0.340 e. The number of nitrogens with two attached hydrogens (primary N) is 1. The number of H-pyrrole nitrogens is 5. The van der Waals surface area contributed by atoms with E-state index in [4.69, 9.17) is 20.3 Å². The Morgan fingerprint density at radius 2 is 1.01 bits per heavy atom. The zero-order valence-electron chi connectivity index (χ0n) is 52.6. The average molecular weight is 1180 g/mol. The highest BCUT2D eigenvalue weighted by Gasteiger charge is 2.22. The minimum absolute atomic E-state index is 0.0985. The summed E-state index contributed by atoms with van der Waals surface area (Å²) in [6, 6.07) is 22.0. The van der Waals surface area contributed by atoms with Crippen molar-refractivity contribution >= 4 is 29.7 Å². The van der Waals surface area contributed by atoms with Gasteiger partial charge in [-0.15, -0.1) is 0 Å². The summed E-state index contributed by atoms with van der Waals surface area (Å²) in [5, 5.41) is 14.3. The number of ether oxygens (including phenoxy) is 2. The molecule has 8 rings (SSSR count). The highest BCUT2D eigenvalue weighted by Crippen LogP contribution is 2.26. The summed E-state index contributed by atoms with van der Waals surface area (Å²) in [7, 11) is 0. The van der Waals surface area contributed by atoms with Gasteiger partial charge in [-0.2, -0.15) is 0 Å². The van der Waals surface area contributed by atoms with Crippen molar-refractivity contribution in [1.82, 2.24) is 49.3 Å². The summed E-state index contributed by atoms with van der Waals surface area (Å²) in [6.07, 6.45) is 28.5. The highest BCUT2D eigenvalue weighted by atomic mass is 16.6. The van der Waals surface area contributed by atoms with Crippen LogP contribution in [0.3, 0.4) is 0 Å². The van der Waals surface area contributed by atoms with Gasteiger partial charge in [0.1, 0.15) is 11.2 Å². The summed E-state index contributed by atoms with van der Waals surface area (Å²) < 4.78 is 17.2. The molecule has 2 amide bonds. The fraction of sp³-hybridized carbons (Fsp3) is 0.448. The van der Waals surface area contributed by atoms with Gasteiger partial charge in [0, 0.05) is 137 Å². The van der Waals surface area contributed by atoms with Crippen LogP contribution in [0.1, 0.15) is 160 Å². The summed E-state index contributed by atoms with van der Waals surface area (Å²) in [5.41, 5.74) is 15.2. The van der Waals surface area contributed by atoms with E-state index < -0.39 is 17.2 Å². The van der Waals surface area contributed by atoms with Crippen molar-refractivity contribution in [2.24, 2.45) is 5.73 Å². The molecule has 0 atom stereocenters. The van der Waals surface area contributed by atoms with Crippen LogP contribution in [0, 0.1) is 27.7 Å². The van der Waals surface area contributed by atoms with Gasteiger partial charge in [-0.1, -0.05) is 0 Å². The van der Waals surface area contributed by atoms with Gasteiger partial charge in [-0.05, 0) is 217 Å². The SMILES string of the molecule is CC(C)(C)OC(=O)c1cc[nH]c1.Cc1[nH]c(-c2cc(C(=O)OC(C)(C)C)c(C)[nH]2)cc1CCCC(=O)NCCCn1c(C)ccc1C.NCCCn1cccc1.O=C(CCCc1cc[nH]c1)NCCCn1cccc1.O=C(O)CCCc1cc[nH]c1. The third kappa shape index (κ3) is 28.4. The summed E-state index contributed by atoms with van der Waals surface area (Å²) >= 11 is 0. The van der Waals surface area contributed by atoms with Gasteiger partial charge in [-0.3, -0.25) is 14.4 Å². The van der Waals surface area contributed by atoms with Gasteiger partial charge in [0.15, 0.2) is 0 Å². The Kier molecular flexibility index (Phi) is 30.2. The maximum Gasteiger partial charge on any atom is 0.340 e. The summed E-state index contributed by atoms with van der Waals surface area (Å²) in [6.45, 7) is 24.4. The molecule has 8 heterocycles. The largest absolute Gasteiger partial charge is 0.481 e. The van der Waals surface area contributed by atoms with E-state index in [2.05, 4.69) is 99.8 Å². The molecule has 0 aliphatic rings. The predicted octanol–water partition coefficient (Wildman–Crippen LogP) is 12.1. The van der Waals surface area contributed by atoms with Crippen molar-refractivity contribution in [3.05, 3.63) is 179 Å². The lowest BCUT2D eigenvalue weighted by Gasteiger charge is -2.19. The van der Waals surface area contributed by atoms with Crippen LogP contribution < -0.4 is 16.4 Å². The maximum absolute atomic E-state index is 12.5. The van der Waals surface area contributed by atoms with Gasteiger partial charge in [0.2, 0.25) is 11.8 Å². The molecule has 0 fully saturated rings. The van der Waals surface area contributed by atoms with Crippen LogP contribution in [-0.2, 0) is 62.8 Å². The number of hydrogen-bond acceptors (Lipinski definition) is 8. The first-order chi connectivity index (χ1) is 41.0. The number of esters is 2. The number of amides is 2. The Hall–Kier alpha value is -8.45. The number of nitrogens with one attached hydrogen (secondary N) is 7. The molecule has 0 aliphatic carbocycles. The van der Waals surface area contributed by atoms with E-state index >= 15 is 0 Å². The molecule has 0 saturated heterocycles. The van der Waals surface area contributed by atoms with E-state index in [0.29, 0.717) is 36.9 Å². The standard InChI is InChI=1S/C28H40N4O3.C15H21N3O.C9H13NO2.C8H11NO2.C7H12N2/c1-18-12-13-19(2)32(18)15-9-14-29-26(33)11-8-10-22-16-24(30-20(22)3)25-17-23(21(4)31-25)27(34)35-28(5,6)7;19-15(6-3-5-14-7-9-16-13-14)17-8-4-12-18-10-1-2-11-18;1-9(2,3)12-8(11)7-4-5-10-6-7;10-8(11)3-1-2-7-4-5-9-6-7;8-4-3-7-9-5-1-2-6-9/h12-13,16-17,30-31H,8-11,14-15H2,1-7H3,(H,29,33);1-2,7,9-11,13,16H,3-6,8,12H2,(H,17,19);4-6,10H,1-3H3;4-6,9H,1-3H2,(H,10,11);1-2,5-6H,3-4,7-8H2. The van der Waals surface area contributed by atoms with Crippen LogP contribution in [0.15, 0.2) is 129 Å². The van der Waals surface area contributed by atoms with Crippen molar-refractivity contribution < 1.29 is 38.6 Å². The number of carboxylic acids is 1. The number of carbonyl (C=O) groups excluding carboxylic acids is 4. The topological polar surface area (TPSA) is 268 Å². The van der Waals surface area contributed by atoms with E-state index in [0.717, 1.165) is 107 Å². The number of aromatic nitrogens is 8. The van der Waals surface area contributed by atoms with E-state index in [9.17, 15) is 24.0 Å². The third-order valence-corrected chi connectivity index (χ3v) is 13.3. The number of carbonyl (C=O) groups is 5. The monoisotopic (exact) mass is 1180 g/mol. The number of hydrogen-bond donors (Lipinski definition) is 9.